The molecule has 0 saturated heterocycles. The number of halogens is 1. The second-order valence-electron chi connectivity index (χ2n) is 8.35. The highest BCUT2D eigenvalue weighted by molar-refractivity contribution is 9.10. The second-order valence-corrected chi connectivity index (χ2v) is 11.0. The van der Waals surface area contributed by atoms with Gasteiger partial charge in [0.15, 0.2) is 0 Å². The zero-order valence-corrected chi connectivity index (χ0v) is 22.5. The molecule has 188 valence electrons. The molecule has 0 spiro atoms. The minimum Gasteiger partial charge on any atom is -0.394 e. The van der Waals surface area contributed by atoms with Gasteiger partial charge in [0.25, 0.3) is 0 Å². The average molecular weight is 563 g/mol. The largest absolute Gasteiger partial charge is 0.394 e. The minimum absolute atomic E-state index is 0.0109. The summed E-state index contributed by atoms with van der Waals surface area (Å²) in [5, 5.41) is 15.7. The van der Waals surface area contributed by atoms with Gasteiger partial charge in [0.1, 0.15) is 5.82 Å². The van der Waals surface area contributed by atoms with Gasteiger partial charge < -0.3 is 15.7 Å². The standard InChI is InChI=1S/C25H32BrN5O3S/c1-4-17(3)19-8-6-18(7-9-19)14-28-35(33,34)22-12-10-21(11-13-22)30-25-27-15-23(26)24(31-25)29-20(5-2)16-32/h6-13,15,17,20,28,32H,4-5,14,16H2,1-3H3,(H2,27,29,30,31)/t17-,20+/m0/s1. The van der Waals surface area contributed by atoms with Gasteiger partial charge in [-0.1, -0.05) is 45.0 Å². The molecule has 1 aromatic heterocycles. The normalized spacial score (nSPS) is 13.3. The first-order valence-electron chi connectivity index (χ1n) is 11.6. The fraction of sp³-hybridized carbons (Fsp3) is 0.360. The Morgan fingerprint density at radius 1 is 1.03 bits per heavy atom. The van der Waals surface area contributed by atoms with Gasteiger partial charge in [-0.05, 0) is 70.1 Å². The van der Waals surface area contributed by atoms with Crippen LogP contribution in [0.3, 0.4) is 0 Å². The summed E-state index contributed by atoms with van der Waals surface area (Å²) in [7, 11) is -3.66. The van der Waals surface area contributed by atoms with Crippen molar-refractivity contribution in [3.05, 3.63) is 70.3 Å². The lowest BCUT2D eigenvalue weighted by atomic mass is 9.98. The molecule has 0 aliphatic rings. The molecule has 35 heavy (non-hydrogen) atoms. The fourth-order valence-corrected chi connectivity index (χ4v) is 4.63. The Labute approximate surface area is 215 Å². The van der Waals surface area contributed by atoms with Gasteiger partial charge in [-0.3, -0.25) is 0 Å². The average Bonchev–Trinajstić information content (AvgIpc) is 2.88. The zero-order valence-electron chi connectivity index (χ0n) is 20.1. The lowest BCUT2D eigenvalue weighted by Crippen LogP contribution is -2.23. The van der Waals surface area contributed by atoms with Crippen LogP contribution in [0.25, 0.3) is 0 Å². The smallest absolute Gasteiger partial charge is 0.240 e. The van der Waals surface area contributed by atoms with E-state index in [1.54, 1.807) is 18.3 Å². The summed E-state index contributed by atoms with van der Waals surface area (Å²) in [6.07, 6.45) is 3.41. The molecule has 10 heteroatoms. The molecule has 2 atom stereocenters. The molecule has 4 N–H and O–H groups in total. The molecular formula is C25H32BrN5O3S. The van der Waals surface area contributed by atoms with E-state index in [2.05, 4.69) is 67.2 Å². The molecule has 0 fully saturated rings. The van der Waals surface area contributed by atoms with Gasteiger partial charge in [-0.2, -0.15) is 4.98 Å². The minimum atomic E-state index is -3.66. The Morgan fingerprint density at radius 2 is 1.71 bits per heavy atom. The highest BCUT2D eigenvalue weighted by Gasteiger charge is 2.15. The summed E-state index contributed by atoms with van der Waals surface area (Å²) in [4.78, 5) is 8.86. The molecule has 0 bridgehead atoms. The van der Waals surface area contributed by atoms with Crippen LogP contribution in [0.15, 0.2) is 64.1 Å². The molecular weight excluding hydrogens is 530 g/mol. The van der Waals surface area contributed by atoms with E-state index >= 15 is 0 Å². The van der Waals surface area contributed by atoms with Gasteiger partial charge in [-0.15, -0.1) is 0 Å². The van der Waals surface area contributed by atoms with Crippen LogP contribution >= 0.6 is 15.9 Å². The molecule has 3 aromatic rings. The van der Waals surface area contributed by atoms with E-state index in [0.717, 1.165) is 18.4 Å². The van der Waals surface area contributed by atoms with Crippen LogP contribution in [0.2, 0.25) is 0 Å². The van der Waals surface area contributed by atoms with Crippen molar-refractivity contribution < 1.29 is 13.5 Å². The van der Waals surface area contributed by atoms with Crippen molar-refractivity contribution in [1.29, 1.82) is 0 Å². The number of aliphatic hydroxyl groups excluding tert-OH is 1. The van der Waals surface area contributed by atoms with Crippen LogP contribution in [0.5, 0.6) is 0 Å². The molecule has 8 nitrogen and oxygen atoms in total. The van der Waals surface area contributed by atoms with Crippen molar-refractivity contribution in [2.75, 3.05) is 17.2 Å². The van der Waals surface area contributed by atoms with Gasteiger partial charge in [0.05, 0.1) is 22.0 Å². The van der Waals surface area contributed by atoms with Crippen molar-refractivity contribution in [2.24, 2.45) is 0 Å². The van der Waals surface area contributed by atoms with Gasteiger partial charge in [0.2, 0.25) is 16.0 Å². The highest BCUT2D eigenvalue weighted by atomic mass is 79.9. The summed E-state index contributed by atoms with van der Waals surface area (Å²) < 4.78 is 28.8. The fourth-order valence-electron chi connectivity index (χ4n) is 3.31. The number of hydrogen-bond donors (Lipinski definition) is 4. The molecule has 0 aliphatic heterocycles. The van der Waals surface area contributed by atoms with Crippen LogP contribution in [0.4, 0.5) is 17.5 Å². The maximum absolute atomic E-state index is 12.7. The van der Waals surface area contributed by atoms with E-state index in [4.69, 9.17) is 0 Å². The van der Waals surface area contributed by atoms with Crippen molar-refractivity contribution in [3.8, 4) is 0 Å². The predicted octanol–water partition coefficient (Wildman–Crippen LogP) is 5.16. The highest BCUT2D eigenvalue weighted by Crippen LogP contribution is 2.24. The summed E-state index contributed by atoms with van der Waals surface area (Å²) in [5.74, 6) is 1.38. The zero-order chi connectivity index (χ0) is 25.4. The lowest BCUT2D eigenvalue weighted by molar-refractivity contribution is 0.271. The third kappa shape index (κ3) is 7.47. The first-order chi connectivity index (χ1) is 16.7. The van der Waals surface area contributed by atoms with E-state index in [-0.39, 0.29) is 24.1 Å². The molecule has 0 unspecified atom stereocenters. The molecule has 0 amide bonds. The van der Waals surface area contributed by atoms with Crippen LogP contribution in [-0.4, -0.2) is 36.1 Å². The maximum Gasteiger partial charge on any atom is 0.240 e. The number of benzene rings is 2. The Kier molecular flexibility index (Phi) is 9.62. The number of sulfonamides is 1. The molecule has 0 radical (unpaired) electrons. The molecule has 0 saturated carbocycles. The Balaban J connectivity index is 1.64. The van der Waals surface area contributed by atoms with Crippen molar-refractivity contribution >= 4 is 43.4 Å². The Bertz CT molecular complexity index is 1200. The molecule has 0 aliphatic carbocycles. The first kappa shape index (κ1) is 27.1. The van der Waals surface area contributed by atoms with E-state index < -0.39 is 10.0 Å². The lowest BCUT2D eigenvalue weighted by Gasteiger charge is -2.16. The SMILES string of the molecule is CC[C@H](CO)Nc1nc(Nc2ccc(S(=O)(=O)NCc3ccc([C@@H](C)CC)cc3)cc2)ncc1Br. The van der Waals surface area contributed by atoms with Crippen LogP contribution in [-0.2, 0) is 16.6 Å². The van der Waals surface area contributed by atoms with Crippen molar-refractivity contribution in [1.82, 2.24) is 14.7 Å². The number of hydrogen-bond acceptors (Lipinski definition) is 7. The van der Waals surface area contributed by atoms with E-state index in [1.807, 2.05) is 19.1 Å². The van der Waals surface area contributed by atoms with Gasteiger partial charge >= 0.3 is 0 Å². The summed E-state index contributed by atoms with van der Waals surface area (Å²) in [6, 6.07) is 14.3. The number of nitrogens with one attached hydrogen (secondary N) is 3. The van der Waals surface area contributed by atoms with Crippen molar-refractivity contribution in [2.45, 2.75) is 57.0 Å². The van der Waals surface area contributed by atoms with E-state index in [1.165, 1.54) is 17.7 Å². The maximum atomic E-state index is 12.7. The van der Waals surface area contributed by atoms with Crippen LogP contribution < -0.4 is 15.4 Å². The third-order valence-electron chi connectivity index (χ3n) is 5.85. The van der Waals surface area contributed by atoms with Crippen LogP contribution in [0, 0.1) is 0 Å². The summed E-state index contributed by atoms with van der Waals surface area (Å²) >= 11 is 3.41. The van der Waals surface area contributed by atoms with E-state index in [9.17, 15) is 13.5 Å². The number of nitrogens with zero attached hydrogens (tertiary/aromatic N) is 2. The second kappa shape index (κ2) is 12.4. The molecule has 1 heterocycles. The van der Waals surface area contributed by atoms with Gasteiger partial charge in [0, 0.05) is 18.4 Å². The summed E-state index contributed by atoms with van der Waals surface area (Å²) in [6.45, 7) is 6.50. The number of aromatic nitrogens is 2. The topological polar surface area (TPSA) is 116 Å². The molecule has 3 rings (SSSR count). The van der Waals surface area contributed by atoms with Crippen molar-refractivity contribution in [3.63, 3.8) is 0 Å². The number of anilines is 3. The van der Waals surface area contributed by atoms with E-state index in [0.29, 0.717) is 27.8 Å². The Hall–Kier alpha value is -2.53. The summed E-state index contributed by atoms with van der Waals surface area (Å²) in [5.41, 5.74) is 2.80. The first-order valence-corrected chi connectivity index (χ1v) is 13.9. The van der Waals surface area contributed by atoms with Crippen LogP contribution in [0.1, 0.15) is 50.7 Å². The monoisotopic (exact) mass is 561 g/mol. The number of aliphatic hydroxyl groups is 1. The quantitative estimate of drug-likeness (QED) is 0.241. The molecule has 2 aromatic carbocycles. The van der Waals surface area contributed by atoms with Gasteiger partial charge in [-0.25, -0.2) is 18.1 Å². The third-order valence-corrected chi connectivity index (χ3v) is 7.84. The Morgan fingerprint density at radius 3 is 2.31 bits per heavy atom. The predicted molar refractivity (Wildman–Crippen MR) is 143 cm³/mol. The number of rotatable bonds is 12.